The van der Waals surface area contributed by atoms with Crippen LogP contribution in [-0.2, 0) is 10.0 Å². The van der Waals surface area contributed by atoms with Gasteiger partial charge in [0.05, 0.1) is 4.90 Å². The quantitative estimate of drug-likeness (QED) is 0.817. The molecule has 2 aromatic carbocycles. The lowest BCUT2D eigenvalue weighted by Crippen LogP contribution is -2.26. The number of hydrogen-bond acceptors (Lipinski definition) is 3. The minimum atomic E-state index is -3.57. The normalized spacial score (nSPS) is 14.5. The number of carbonyl (C=O) groups excluding carboxylic acids is 1. The molecule has 0 radical (unpaired) electrons. The van der Waals surface area contributed by atoms with E-state index >= 15 is 0 Å². The Kier molecular flexibility index (Phi) is 4.52. The summed E-state index contributed by atoms with van der Waals surface area (Å²) < 4.78 is 27.9. The van der Waals surface area contributed by atoms with Crippen molar-refractivity contribution >= 4 is 37.5 Å². The first-order chi connectivity index (χ1) is 10.9. The zero-order valence-electron chi connectivity index (χ0n) is 12.1. The van der Waals surface area contributed by atoms with E-state index in [4.69, 9.17) is 0 Å². The average molecular weight is 395 g/mol. The van der Waals surface area contributed by atoms with Crippen molar-refractivity contribution in [3.8, 4) is 0 Å². The third-order valence-electron chi connectivity index (χ3n) is 3.41. The van der Waals surface area contributed by atoms with Crippen LogP contribution in [0.5, 0.6) is 0 Å². The van der Waals surface area contributed by atoms with Gasteiger partial charge in [-0.2, -0.15) is 0 Å². The van der Waals surface area contributed by atoms with Crippen LogP contribution in [0.1, 0.15) is 23.2 Å². The molecule has 1 fully saturated rings. The van der Waals surface area contributed by atoms with Gasteiger partial charge in [-0.05, 0) is 55.3 Å². The van der Waals surface area contributed by atoms with Crippen LogP contribution in [0.4, 0.5) is 5.69 Å². The smallest absolute Gasteiger partial charge is 0.255 e. The van der Waals surface area contributed by atoms with E-state index in [0.717, 1.165) is 17.3 Å². The molecule has 0 unspecified atom stereocenters. The summed E-state index contributed by atoms with van der Waals surface area (Å²) >= 11 is 3.33. The minimum Gasteiger partial charge on any atom is -0.322 e. The molecule has 1 aliphatic carbocycles. The molecule has 5 nitrogen and oxygen atoms in total. The second kappa shape index (κ2) is 6.43. The van der Waals surface area contributed by atoms with Gasteiger partial charge in [-0.1, -0.05) is 22.0 Å². The molecule has 2 N–H and O–H groups in total. The molecule has 0 aliphatic heterocycles. The Labute approximate surface area is 143 Å². The van der Waals surface area contributed by atoms with E-state index in [1.807, 2.05) is 12.1 Å². The highest BCUT2D eigenvalue weighted by molar-refractivity contribution is 9.10. The fraction of sp³-hybridized carbons (Fsp3) is 0.188. The lowest BCUT2D eigenvalue weighted by molar-refractivity contribution is 0.102. The van der Waals surface area contributed by atoms with Crippen LogP contribution in [0.2, 0.25) is 0 Å². The van der Waals surface area contributed by atoms with Gasteiger partial charge >= 0.3 is 0 Å². The lowest BCUT2D eigenvalue weighted by Gasteiger charge is -2.08. The Morgan fingerprint density at radius 3 is 2.43 bits per heavy atom. The molecular formula is C16H15BrN2O3S. The number of amides is 1. The predicted molar refractivity (Wildman–Crippen MR) is 91.9 cm³/mol. The van der Waals surface area contributed by atoms with Gasteiger partial charge < -0.3 is 5.32 Å². The maximum Gasteiger partial charge on any atom is 0.255 e. The van der Waals surface area contributed by atoms with Crippen molar-refractivity contribution in [2.75, 3.05) is 5.32 Å². The monoisotopic (exact) mass is 394 g/mol. The molecule has 0 aromatic heterocycles. The molecule has 0 bridgehead atoms. The Bertz CT molecular complexity index is 831. The minimum absolute atomic E-state index is 0.0280. The highest BCUT2D eigenvalue weighted by Crippen LogP contribution is 2.23. The molecule has 2 aromatic rings. The van der Waals surface area contributed by atoms with Gasteiger partial charge in [0.25, 0.3) is 5.91 Å². The first kappa shape index (κ1) is 16.2. The highest BCUT2D eigenvalue weighted by atomic mass is 79.9. The van der Waals surface area contributed by atoms with E-state index in [1.165, 1.54) is 12.1 Å². The number of benzene rings is 2. The zero-order valence-corrected chi connectivity index (χ0v) is 14.5. The average Bonchev–Trinajstić information content (AvgIpc) is 3.33. The van der Waals surface area contributed by atoms with E-state index in [1.54, 1.807) is 24.3 Å². The fourth-order valence-corrected chi connectivity index (χ4v) is 3.64. The standard InChI is InChI=1S/C16H15BrN2O3S/c17-12-4-6-13(7-5-12)18-16(20)11-2-1-3-15(10-11)23(21,22)19-14-8-9-14/h1-7,10,14,19H,8-9H2,(H,18,20). The number of nitrogens with one attached hydrogen (secondary N) is 2. The maximum absolute atomic E-state index is 12.3. The molecule has 3 rings (SSSR count). The van der Waals surface area contributed by atoms with Crippen molar-refractivity contribution < 1.29 is 13.2 Å². The number of carbonyl (C=O) groups is 1. The summed E-state index contributed by atoms with van der Waals surface area (Å²) in [4.78, 5) is 12.4. The van der Waals surface area contributed by atoms with Gasteiger partial charge in [-0.15, -0.1) is 0 Å². The molecule has 1 amide bonds. The van der Waals surface area contributed by atoms with Crippen molar-refractivity contribution in [3.63, 3.8) is 0 Å². The summed E-state index contributed by atoms with van der Waals surface area (Å²) in [5.41, 5.74) is 0.939. The van der Waals surface area contributed by atoms with E-state index < -0.39 is 10.0 Å². The van der Waals surface area contributed by atoms with Crippen LogP contribution in [0, 0.1) is 0 Å². The van der Waals surface area contributed by atoms with Gasteiger partial charge in [0.2, 0.25) is 10.0 Å². The van der Waals surface area contributed by atoms with E-state index in [0.29, 0.717) is 11.3 Å². The van der Waals surface area contributed by atoms with Gasteiger partial charge in [-0.3, -0.25) is 4.79 Å². The molecule has 23 heavy (non-hydrogen) atoms. The molecule has 0 saturated heterocycles. The van der Waals surface area contributed by atoms with Crippen molar-refractivity contribution in [3.05, 3.63) is 58.6 Å². The maximum atomic E-state index is 12.3. The Morgan fingerprint density at radius 2 is 1.78 bits per heavy atom. The van der Waals surface area contributed by atoms with Gasteiger partial charge in [-0.25, -0.2) is 13.1 Å². The number of anilines is 1. The molecular weight excluding hydrogens is 380 g/mol. The lowest BCUT2D eigenvalue weighted by atomic mass is 10.2. The second-order valence-corrected chi connectivity index (χ2v) is 8.01. The Hall–Kier alpha value is -1.70. The van der Waals surface area contributed by atoms with Crippen molar-refractivity contribution in [2.45, 2.75) is 23.8 Å². The van der Waals surface area contributed by atoms with Crippen LogP contribution in [-0.4, -0.2) is 20.4 Å². The first-order valence-electron chi connectivity index (χ1n) is 7.13. The van der Waals surface area contributed by atoms with Gasteiger partial charge in [0.15, 0.2) is 0 Å². The van der Waals surface area contributed by atoms with Crippen molar-refractivity contribution in [1.82, 2.24) is 4.72 Å². The third kappa shape index (κ3) is 4.19. The molecule has 0 atom stereocenters. The van der Waals surface area contributed by atoms with Crippen LogP contribution >= 0.6 is 15.9 Å². The topological polar surface area (TPSA) is 75.3 Å². The van der Waals surface area contributed by atoms with E-state index in [-0.39, 0.29) is 16.8 Å². The molecule has 1 saturated carbocycles. The third-order valence-corrected chi connectivity index (χ3v) is 5.45. The van der Waals surface area contributed by atoms with Crippen LogP contribution in [0.25, 0.3) is 0 Å². The SMILES string of the molecule is O=C(Nc1ccc(Br)cc1)c1cccc(S(=O)(=O)NC2CC2)c1. The van der Waals surface area contributed by atoms with E-state index in [9.17, 15) is 13.2 Å². The largest absolute Gasteiger partial charge is 0.322 e. The van der Waals surface area contributed by atoms with E-state index in [2.05, 4.69) is 26.0 Å². The van der Waals surface area contributed by atoms with Crippen LogP contribution in [0.15, 0.2) is 57.9 Å². The number of hydrogen-bond donors (Lipinski definition) is 2. The van der Waals surface area contributed by atoms with Crippen LogP contribution in [0.3, 0.4) is 0 Å². The summed E-state index contributed by atoms with van der Waals surface area (Å²) in [6.45, 7) is 0. The highest BCUT2D eigenvalue weighted by Gasteiger charge is 2.28. The first-order valence-corrected chi connectivity index (χ1v) is 9.41. The second-order valence-electron chi connectivity index (χ2n) is 5.38. The molecule has 120 valence electrons. The Morgan fingerprint density at radius 1 is 1.09 bits per heavy atom. The number of halogens is 1. The van der Waals surface area contributed by atoms with Crippen LogP contribution < -0.4 is 10.0 Å². The Balaban J connectivity index is 1.78. The molecule has 1 aliphatic rings. The van der Waals surface area contributed by atoms with Crippen molar-refractivity contribution in [2.24, 2.45) is 0 Å². The van der Waals surface area contributed by atoms with Crippen molar-refractivity contribution in [1.29, 1.82) is 0 Å². The molecule has 7 heteroatoms. The summed E-state index contributed by atoms with van der Waals surface area (Å²) in [5.74, 6) is -0.351. The number of sulfonamides is 1. The van der Waals surface area contributed by atoms with Gasteiger partial charge in [0, 0.05) is 21.8 Å². The zero-order chi connectivity index (χ0) is 16.4. The summed E-state index contributed by atoms with van der Waals surface area (Å²) in [6.07, 6.45) is 1.73. The summed E-state index contributed by atoms with van der Waals surface area (Å²) in [7, 11) is -3.57. The predicted octanol–water partition coefficient (Wildman–Crippen LogP) is 3.14. The summed E-state index contributed by atoms with van der Waals surface area (Å²) in [5, 5.41) is 2.74. The fourth-order valence-electron chi connectivity index (χ4n) is 2.03. The number of rotatable bonds is 5. The summed E-state index contributed by atoms with van der Waals surface area (Å²) in [6, 6.07) is 13.2. The molecule has 0 heterocycles. The molecule has 0 spiro atoms. The van der Waals surface area contributed by atoms with Gasteiger partial charge in [0.1, 0.15) is 0 Å².